The molecule has 1 aliphatic heterocycles. The van der Waals surface area contributed by atoms with Crippen molar-refractivity contribution in [2.24, 2.45) is 0 Å². The van der Waals surface area contributed by atoms with Crippen molar-refractivity contribution < 1.29 is 22.7 Å². The van der Waals surface area contributed by atoms with Gasteiger partial charge in [0.25, 0.3) is 10.0 Å². The first kappa shape index (κ1) is 25.9. The van der Waals surface area contributed by atoms with E-state index in [0.717, 1.165) is 5.56 Å². The number of rotatable bonds is 6. The number of hydrogen-bond donors (Lipinski definition) is 1. The first-order valence-corrected chi connectivity index (χ1v) is 13.2. The van der Waals surface area contributed by atoms with Gasteiger partial charge in [-0.25, -0.2) is 13.2 Å². The summed E-state index contributed by atoms with van der Waals surface area (Å²) in [6.07, 6.45) is 1.05. The van der Waals surface area contributed by atoms with E-state index in [1.54, 1.807) is 49.4 Å². The molecule has 4 rings (SSSR count). The first-order chi connectivity index (χ1) is 17.1. The fourth-order valence-corrected chi connectivity index (χ4v) is 6.32. The van der Waals surface area contributed by atoms with Crippen LogP contribution in [0.2, 0.25) is 10.0 Å². The zero-order valence-electron chi connectivity index (χ0n) is 19.5. The number of methoxy groups -OCH3 is 1. The molecular weight excluding hydrogens is 525 g/mol. The van der Waals surface area contributed by atoms with Crippen LogP contribution < -0.4 is 9.62 Å². The molecule has 0 radical (unpaired) electrons. The van der Waals surface area contributed by atoms with E-state index in [1.165, 1.54) is 23.7 Å². The number of amides is 1. The number of Topliss-reactive ketones (excluding diaryl/α,β-unsaturated/α-hetero) is 1. The van der Waals surface area contributed by atoms with Crippen LogP contribution in [0.5, 0.6) is 0 Å². The van der Waals surface area contributed by atoms with Gasteiger partial charge in [-0.3, -0.25) is 14.1 Å². The average Bonchev–Trinajstić information content (AvgIpc) is 2.83. The largest absolute Gasteiger partial charge is 0.453 e. The van der Waals surface area contributed by atoms with E-state index < -0.39 is 22.2 Å². The predicted molar refractivity (Wildman–Crippen MR) is 137 cm³/mol. The number of carbonyl (C=O) groups excluding carboxylic acids is 2. The molecule has 1 N–H and O–H groups in total. The summed E-state index contributed by atoms with van der Waals surface area (Å²) in [7, 11) is -2.77. The van der Waals surface area contributed by atoms with Gasteiger partial charge in [-0.2, -0.15) is 0 Å². The number of sulfonamides is 1. The summed E-state index contributed by atoms with van der Waals surface area (Å²) < 4.78 is 33.3. The molecule has 1 amide bonds. The molecular formula is C25H23Cl2N3O5S. The number of nitrogens with one attached hydrogen (secondary N) is 1. The lowest BCUT2D eigenvalue weighted by Crippen LogP contribution is -2.50. The fraction of sp³-hybridized carbons (Fsp3) is 0.240. The van der Waals surface area contributed by atoms with Gasteiger partial charge < -0.3 is 10.1 Å². The fourth-order valence-electron chi connectivity index (χ4n) is 4.08. The SMILES string of the molecule is COC(=O)N[C@@H]1Cc2ncc(CC(=O)c3c(Cl)cccc3Cl)cc2N(S(=O)(=O)c2cccc(C)c2)C1. The molecule has 188 valence electrons. The molecule has 0 aliphatic carbocycles. The molecule has 0 saturated heterocycles. The minimum atomic E-state index is -4.01. The van der Waals surface area contributed by atoms with E-state index in [9.17, 15) is 18.0 Å². The van der Waals surface area contributed by atoms with Crippen LogP contribution in [0.1, 0.15) is 27.2 Å². The van der Waals surface area contributed by atoms with Crippen LogP contribution in [-0.2, 0) is 27.6 Å². The molecule has 2 aromatic carbocycles. The Morgan fingerprint density at radius 1 is 1.14 bits per heavy atom. The summed E-state index contributed by atoms with van der Waals surface area (Å²) in [6, 6.07) is 12.4. The quantitative estimate of drug-likeness (QED) is 0.452. The zero-order valence-corrected chi connectivity index (χ0v) is 21.8. The van der Waals surface area contributed by atoms with Crippen molar-refractivity contribution in [3.63, 3.8) is 0 Å². The smallest absolute Gasteiger partial charge is 0.407 e. The predicted octanol–water partition coefficient (Wildman–Crippen LogP) is 4.60. The van der Waals surface area contributed by atoms with Gasteiger partial charge in [-0.1, -0.05) is 41.4 Å². The number of carbonyl (C=O) groups is 2. The minimum absolute atomic E-state index is 0.0339. The molecule has 0 saturated carbocycles. The van der Waals surface area contributed by atoms with Gasteiger partial charge >= 0.3 is 6.09 Å². The molecule has 0 spiro atoms. The molecule has 1 atom stereocenters. The van der Waals surface area contributed by atoms with E-state index >= 15 is 0 Å². The number of ether oxygens (including phenoxy) is 1. The molecule has 0 unspecified atom stereocenters. The van der Waals surface area contributed by atoms with Crippen LogP contribution in [0.3, 0.4) is 0 Å². The van der Waals surface area contributed by atoms with E-state index in [-0.39, 0.29) is 45.7 Å². The summed E-state index contributed by atoms with van der Waals surface area (Å²) in [4.78, 5) is 29.4. The zero-order chi connectivity index (χ0) is 26.0. The van der Waals surface area contributed by atoms with E-state index in [1.807, 2.05) is 0 Å². The minimum Gasteiger partial charge on any atom is -0.453 e. The number of alkyl carbamates (subject to hydrolysis) is 1. The lowest BCUT2D eigenvalue weighted by Gasteiger charge is -2.35. The molecule has 8 nitrogen and oxygen atoms in total. The number of aryl methyl sites for hydroxylation is 1. The van der Waals surface area contributed by atoms with Crippen LogP contribution in [0, 0.1) is 6.92 Å². The highest BCUT2D eigenvalue weighted by Gasteiger charge is 2.35. The van der Waals surface area contributed by atoms with Crippen molar-refractivity contribution in [3.05, 3.63) is 87.2 Å². The Balaban J connectivity index is 1.73. The molecule has 0 bridgehead atoms. The van der Waals surface area contributed by atoms with Gasteiger partial charge in [0.2, 0.25) is 0 Å². The van der Waals surface area contributed by atoms with Crippen molar-refractivity contribution >= 4 is 50.8 Å². The Labute approximate surface area is 219 Å². The summed E-state index contributed by atoms with van der Waals surface area (Å²) in [5, 5.41) is 3.13. The number of nitrogens with zero attached hydrogens (tertiary/aromatic N) is 2. The van der Waals surface area contributed by atoms with Crippen LogP contribution in [-0.4, -0.2) is 45.0 Å². The maximum atomic E-state index is 13.7. The van der Waals surface area contributed by atoms with Gasteiger partial charge in [-0.05, 0) is 48.4 Å². The van der Waals surface area contributed by atoms with Crippen molar-refractivity contribution in [2.45, 2.75) is 30.7 Å². The number of fused-ring (bicyclic) bond motifs is 1. The van der Waals surface area contributed by atoms with Crippen molar-refractivity contribution in [2.75, 3.05) is 18.0 Å². The third-order valence-corrected chi connectivity index (χ3v) is 8.20. The summed E-state index contributed by atoms with van der Waals surface area (Å²) >= 11 is 12.4. The highest BCUT2D eigenvalue weighted by molar-refractivity contribution is 7.92. The third-order valence-electron chi connectivity index (χ3n) is 5.79. The summed E-state index contributed by atoms with van der Waals surface area (Å²) in [5.74, 6) is -0.318. The molecule has 1 aromatic heterocycles. The summed E-state index contributed by atoms with van der Waals surface area (Å²) in [5.41, 5.74) is 2.29. The highest BCUT2D eigenvalue weighted by atomic mass is 35.5. The number of hydrogen-bond acceptors (Lipinski definition) is 6. The lowest BCUT2D eigenvalue weighted by atomic mass is 10.0. The summed E-state index contributed by atoms with van der Waals surface area (Å²) in [6.45, 7) is 1.77. The van der Waals surface area contributed by atoms with Gasteiger partial charge in [0.1, 0.15) is 0 Å². The topological polar surface area (TPSA) is 106 Å². The normalized spacial score (nSPS) is 15.2. The lowest BCUT2D eigenvalue weighted by molar-refractivity contribution is 0.0993. The number of ketones is 1. The molecule has 3 aromatic rings. The Bertz CT molecular complexity index is 1430. The molecule has 2 heterocycles. The van der Waals surface area contributed by atoms with E-state index in [4.69, 9.17) is 23.2 Å². The number of benzene rings is 2. The number of anilines is 1. The molecule has 0 fully saturated rings. The average molecular weight is 548 g/mol. The number of halogens is 2. The molecule has 1 aliphatic rings. The van der Waals surface area contributed by atoms with Crippen molar-refractivity contribution in [3.8, 4) is 0 Å². The Morgan fingerprint density at radius 2 is 1.83 bits per heavy atom. The highest BCUT2D eigenvalue weighted by Crippen LogP contribution is 2.33. The second-order valence-electron chi connectivity index (χ2n) is 8.40. The Kier molecular flexibility index (Phi) is 7.54. The molecule has 11 heteroatoms. The standard InChI is InChI=1S/C25H23Cl2N3O5S/c1-15-5-3-6-18(9-15)36(33,34)30-14-17(29-25(32)35-2)12-21-22(30)10-16(13-28-21)11-23(31)24-19(26)7-4-8-20(24)27/h3-10,13,17H,11-12,14H2,1-2H3,(H,29,32)/t17-/m1/s1. The van der Waals surface area contributed by atoms with Gasteiger partial charge in [0.05, 0.1) is 51.6 Å². The van der Waals surface area contributed by atoms with Crippen LogP contribution in [0.15, 0.2) is 59.6 Å². The second-order valence-corrected chi connectivity index (χ2v) is 11.1. The monoisotopic (exact) mass is 547 g/mol. The number of aromatic nitrogens is 1. The van der Waals surface area contributed by atoms with Gasteiger partial charge in [0, 0.05) is 19.0 Å². The number of pyridine rings is 1. The Morgan fingerprint density at radius 3 is 2.50 bits per heavy atom. The maximum Gasteiger partial charge on any atom is 0.407 e. The van der Waals surface area contributed by atoms with Gasteiger partial charge in [0.15, 0.2) is 5.78 Å². The van der Waals surface area contributed by atoms with Crippen LogP contribution in [0.4, 0.5) is 10.5 Å². The maximum absolute atomic E-state index is 13.7. The molecule has 36 heavy (non-hydrogen) atoms. The first-order valence-electron chi connectivity index (χ1n) is 11.0. The van der Waals surface area contributed by atoms with Crippen LogP contribution in [0.25, 0.3) is 0 Å². The van der Waals surface area contributed by atoms with Crippen molar-refractivity contribution in [1.29, 1.82) is 0 Å². The van der Waals surface area contributed by atoms with Crippen molar-refractivity contribution in [1.82, 2.24) is 10.3 Å². The second kappa shape index (κ2) is 10.5. The van der Waals surface area contributed by atoms with E-state index in [2.05, 4.69) is 15.0 Å². The van der Waals surface area contributed by atoms with E-state index in [0.29, 0.717) is 16.9 Å². The van der Waals surface area contributed by atoms with Gasteiger partial charge in [-0.15, -0.1) is 0 Å². The van der Waals surface area contributed by atoms with Crippen LogP contribution >= 0.6 is 23.2 Å². The Hall–Kier alpha value is -3.14. The third kappa shape index (κ3) is 5.33.